The van der Waals surface area contributed by atoms with Gasteiger partial charge in [-0.2, -0.15) is 0 Å². The normalized spacial score (nSPS) is 16.8. The number of benzene rings is 3. The molecular formula is C24H28N2O. The summed E-state index contributed by atoms with van der Waals surface area (Å²) in [6.45, 7) is 7.00. The average molecular weight is 361 g/mol. The van der Waals surface area contributed by atoms with Crippen LogP contribution in [0.1, 0.15) is 30.5 Å². The Kier molecular flexibility index (Phi) is 5.71. The Morgan fingerprint density at radius 2 is 1.81 bits per heavy atom. The van der Waals surface area contributed by atoms with Gasteiger partial charge < -0.3 is 10.1 Å². The molecule has 0 aromatic heterocycles. The van der Waals surface area contributed by atoms with Gasteiger partial charge in [-0.1, -0.05) is 54.6 Å². The zero-order valence-electron chi connectivity index (χ0n) is 16.0. The molecule has 0 aliphatic carbocycles. The SMILES string of the molecule is CCOc1cccc(C(c2cccc3ccccc23)N2CCCNCC2)c1. The van der Waals surface area contributed by atoms with Gasteiger partial charge in [0, 0.05) is 19.6 Å². The molecule has 3 aromatic carbocycles. The van der Waals surface area contributed by atoms with Crippen LogP contribution in [0.3, 0.4) is 0 Å². The molecule has 1 atom stereocenters. The Hall–Kier alpha value is -2.36. The van der Waals surface area contributed by atoms with Crippen molar-refractivity contribution in [1.82, 2.24) is 10.2 Å². The van der Waals surface area contributed by atoms with Crippen LogP contribution >= 0.6 is 0 Å². The Morgan fingerprint density at radius 1 is 0.963 bits per heavy atom. The van der Waals surface area contributed by atoms with E-state index in [2.05, 4.69) is 76.9 Å². The van der Waals surface area contributed by atoms with Crippen LogP contribution in [0.5, 0.6) is 5.75 Å². The summed E-state index contributed by atoms with van der Waals surface area (Å²) in [5, 5.41) is 6.17. The molecule has 27 heavy (non-hydrogen) atoms. The van der Waals surface area contributed by atoms with Gasteiger partial charge >= 0.3 is 0 Å². The van der Waals surface area contributed by atoms with Gasteiger partial charge in [0.2, 0.25) is 0 Å². The topological polar surface area (TPSA) is 24.5 Å². The van der Waals surface area contributed by atoms with Crippen molar-refractivity contribution < 1.29 is 4.74 Å². The second-order valence-electron chi connectivity index (χ2n) is 7.12. The molecular weight excluding hydrogens is 332 g/mol. The predicted molar refractivity (Wildman–Crippen MR) is 112 cm³/mol. The first-order valence-electron chi connectivity index (χ1n) is 10.0. The minimum atomic E-state index is 0.233. The molecule has 1 unspecified atom stereocenters. The van der Waals surface area contributed by atoms with Gasteiger partial charge in [0.05, 0.1) is 12.6 Å². The van der Waals surface area contributed by atoms with E-state index in [1.54, 1.807) is 0 Å². The third-order valence-electron chi connectivity index (χ3n) is 5.34. The third kappa shape index (κ3) is 4.00. The molecule has 0 radical (unpaired) electrons. The lowest BCUT2D eigenvalue weighted by atomic mass is 9.92. The summed E-state index contributed by atoms with van der Waals surface area (Å²) >= 11 is 0. The van der Waals surface area contributed by atoms with Crippen LogP contribution in [0.2, 0.25) is 0 Å². The Bertz CT molecular complexity index is 879. The lowest BCUT2D eigenvalue weighted by Crippen LogP contribution is -2.33. The van der Waals surface area contributed by atoms with Crippen molar-refractivity contribution in [2.45, 2.75) is 19.4 Å². The molecule has 0 amide bonds. The van der Waals surface area contributed by atoms with Gasteiger partial charge in [-0.3, -0.25) is 4.90 Å². The highest BCUT2D eigenvalue weighted by Gasteiger charge is 2.25. The van der Waals surface area contributed by atoms with Crippen molar-refractivity contribution >= 4 is 10.8 Å². The maximum absolute atomic E-state index is 5.80. The largest absolute Gasteiger partial charge is 0.494 e. The summed E-state index contributed by atoms with van der Waals surface area (Å²) < 4.78 is 5.80. The first-order chi connectivity index (χ1) is 13.4. The molecule has 1 aliphatic rings. The summed E-state index contributed by atoms with van der Waals surface area (Å²) in [4.78, 5) is 2.62. The second kappa shape index (κ2) is 8.55. The van der Waals surface area contributed by atoms with E-state index in [1.165, 1.54) is 28.3 Å². The van der Waals surface area contributed by atoms with Gasteiger partial charge in [-0.25, -0.2) is 0 Å². The highest BCUT2D eigenvalue weighted by Crippen LogP contribution is 2.35. The van der Waals surface area contributed by atoms with Crippen LogP contribution in [0, 0.1) is 0 Å². The smallest absolute Gasteiger partial charge is 0.119 e. The van der Waals surface area contributed by atoms with E-state index in [0.717, 1.165) is 31.9 Å². The van der Waals surface area contributed by atoms with Gasteiger partial charge in [-0.05, 0) is 53.9 Å². The quantitative estimate of drug-likeness (QED) is 0.718. The molecule has 3 aromatic rings. The summed E-state index contributed by atoms with van der Waals surface area (Å²) in [6, 6.07) is 24.3. The molecule has 3 heteroatoms. The second-order valence-corrected chi connectivity index (χ2v) is 7.12. The monoisotopic (exact) mass is 360 g/mol. The Balaban J connectivity index is 1.83. The van der Waals surface area contributed by atoms with E-state index < -0.39 is 0 Å². The van der Waals surface area contributed by atoms with E-state index >= 15 is 0 Å². The maximum Gasteiger partial charge on any atom is 0.119 e. The van der Waals surface area contributed by atoms with Crippen LogP contribution in [-0.4, -0.2) is 37.7 Å². The number of hydrogen-bond donors (Lipinski definition) is 1. The van der Waals surface area contributed by atoms with Crippen LogP contribution in [-0.2, 0) is 0 Å². The van der Waals surface area contributed by atoms with Crippen molar-refractivity contribution in [2.75, 3.05) is 32.8 Å². The van der Waals surface area contributed by atoms with Crippen LogP contribution in [0.4, 0.5) is 0 Å². The molecule has 3 nitrogen and oxygen atoms in total. The molecule has 1 heterocycles. The molecule has 1 aliphatic heterocycles. The number of rotatable bonds is 5. The van der Waals surface area contributed by atoms with Gasteiger partial charge in [0.1, 0.15) is 5.75 Å². The highest BCUT2D eigenvalue weighted by molar-refractivity contribution is 5.86. The lowest BCUT2D eigenvalue weighted by Gasteiger charge is -2.32. The maximum atomic E-state index is 5.80. The zero-order valence-corrected chi connectivity index (χ0v) is 16.0. The molecule has 140 valence electrons. The van der Waals surface area contributed by atoms with Crippen LogP contribution in [0.25, 0.3) is 10.8 Å². The minimum absolute atomic E-state index is 0.233. The van der Waals surface area contributed by atoms with E-state index in [4.69, 9.17) is 4.74 Å². The van der Waals surface area contributed by atoms with Crippen LogP contribution < -0.4 is 10.1 Å². The molecule has 1 saturated heterocycles. The first kappa shape index (κ1) is 18.0. The molecule has 0 saturated carbocycles. The van der Waals surface area contributed by atoms with Gasteiger partial charge in [-0.15, -0.1) is 0 Å². The van der Waals surface area contributed by atoms with E-state index in [9.17, 15) is 0 Å². The summed E-state index contributed by atoms with van der Waals surface area (Å²) in [7, 11) is 0. The number of ether oxygens (including phenoxy) is 1. The first-order valence-corrected chi connectivity index (χ1v) is 10.0. The van der Waals surface area contributed by atoms with E-state index in [-0.39, 0.29) is 6.04 Å². The fraction of sp³-hybridized carbons (Fsp3) is 0.333. The number of hydrogen-bond acceptors (Lipinski definition) is 3. The van der Waals surface area contributed by atoms with Gasteiger partial charge in [0.25, 0.3) is 0 Å². The van der Waals surface area contributed by atoms with Crippen molar-refractivity contribution in [3.63, 3.8) is 0 Å². The van der Waals surface area contributed by atoms with Gasteiger partial charge in [0.15, 0.2) is 0 Å². The third-order valence-corrected chi connectivity index (χ3v) is 5.34. The van der Waals surface area contributed by atoms with E-state index in [1.807, 2.05) is 6.92 Å². The van der Waals surface area contributed by atoms with Crippen LogP contribution in [0.15, 0.2) is 66.7 Å². The Labute approximate surface area is 162 Å². The predicted octanol–water partition coefficient (Wildman–Crippen LogP) is 4.62. The summed E-state index contributed by atoms with van der Waals surface area (Å²) in [5.41, 5.74) is 2.68. The molecule has 0 bridgehead atoms. The molecule has 1 N–H and O–H groups in total. The number of nitrogens with zero attached hydrogens (tertiary/aromatic N) is 1. The van der Waals surface area contributed by atoms with Crippen molar-refractivity contribution in [3.05, 3.63) is 77.9 Å². The molecule has 0 spiro atoms. The number of fused-ring (bicyclic) bond motifs is 1. The summed E-state index contributed by atoms with van der Waals surface area (Å²) in [6.07, 6.45) is 1.17. The van der Waals surface area contributed by atoms with E-state index in [0.29, 0.717) is 6.61 Å². The standard InChI is InChI=1S/C24H28N2O/c1-2-27-21-11-5-10-20(18-21)24(26-16-7-14-25-15-17-26)23-13-6-9-19-8-3-4-12-22(19)23/h3-6,8-13,18,24-25H,2,7,14-17H2,1H3. The molecule has 1 fully saturated rings. The zero-order chi connectivity index (χ0) is 18.5. The van der Waals surface area contributed by atoms with Crippen molar-refractivity contribution in [2.24, 2.45) is 0 Å². The fourth-order valence-corrected chi connectivity index (χ4v) is 4.14. The lowest BCUT2D eigenvalue weighted by molar-refractivity contribution is 0.241. The number of nitrogens with one attached hydrogen (secondary N) is 1. The van der Waals surface area contributed by atoms with Crippen molar-refractivity contribution in [1.29, 1.82) is 0 Å². The fourth-order valence-electron chi connectivity index (χ4n) is 4.14. The minimum Gasteiger partial charge on any atom is -0.494 e. The molecule has 4 rings (SSSR count). The summed E-state index contributed by atoms with van der Waals surface area (Å²) in [5.74, 6) is 0.952. The van der Waals surface area contributed by atoms with Crippen molar-refractivity contribution in [3.8, 4) is 5.75 Å². The average Bonchev–Trinajstić information content (AvgIpc) is 2.98. The Morgan fingerprint density at radius 3 is 2.74 bits per heavy atom. The highest BCUT2D eigenvalue weighted by atomic mass is 16.5.